The number of ketones is 1. The van der Waals surface area contributed by atoms with Gasteiger partial charge in [0.2, 0.25) is 0 Å². The molecule has 1 spiro atoms. The molecule has 122 valence electrons. The summed E-state index contributed by atoms with van der Waals surface area (Å²) in [5.41, 5.74) is 0.673. The molecular weight excluding hydrogens is 304 g/mol. The van der Waals surface area contributed by atoms with Gasteiger partial charge in [0.05, 0.1) is 17.4 Å². The maximum atomic E-state index is 12.3. The van der Waals surface area contributed by atoms with Crippen molar-refractivity contribution in [1.82, 2.24) is 0 Å². The summed E-state index contributed by atoms with van der Waals surface area (Å²) in [7, 11) is 0. The average Bonchev–Trinajstić information content (AvgIpc) is 2.58. The lowest BCUT2D eigenvalue weighted by Gasteiger charge is -2.48. The summed E-state index contributed by atoms with van der Waals surface area (Å²) < 4.78 is 12.7. The van der Waals surface area contributed by atoms with Crippen molar-refractivity contribution in [2.24, 2.45) is 5.92 Å². The third-order valence-electron chi connectivity index (χ3n) is 5.43. The number of aliphatic hydroxyl groups is 1. The Labute approximate surface area is 139 Å². The van der Waals surface area contributed by atoms with Gasteiger partial charge in [-0.25, -0.2) is 0 Å². The number of Topliss-reactive ketones (excluding diaryl/α,β-unsaturated/α-hetero) is 1. The van der Waals surface area contributed by atoms with Gasteiger partial charge in [-0.2, -0.15) is 0 Å². The van der Waals surface area contributed by atoms with Gasteiger partial charge in [0, 0.05) is 18.4 Å². The molecule has 2 aliphatic carbocycles. The second kappa shape index (κ2) is 4.84. The number of fused-ring (bicyclic) bond motifs is 2. The molecule has 1 aliphatic heterocycles. The van der Waals surface area contributed by atoms with Gasteiger partial charge >= 0.3 is 0 Å². The zero-order valence-electron chi connectivity index (χ0n) is 13.2. The van der Waals surface area contributed by atoms with Crippen molar-refractivity contribution in [3.63, 3.8) is 0 Å². The minimum absolute atomic E-state index is 0.105. The lowest BCUT2D eigenvalue weighted by Crippen LogP contribution is -2.58. The van der Waals surface area contributed by atoms with E-state index in [1.807, 2.05) is 42.5 Å². The Balaban J connectivity index is 1.67. The molecule has 5 rings (SSSR count). The van der Waals surface area contributed by atoms with Crippen molar-refractivity contribution < 1.29 is 19.4 Å². The van der Waals surface area contributed by atoms with Crippen LogP contribution in [0.25, 0.3) is 10.8 Å². The summed E-state index contributed by atoms with van der Waals surface area (Å²) in [6.45, 7) is 0. The average molecular weight is 322 g/mol. The highest BCUT2D eigenvalue weighted by Gasteiger charge is 2.55. The van der Waals surface area contributed by atoms with Crippen LogP contribution in [-0.2, 0) is 4.79 Å². The summed E-state index contributed by atoms with van der Waals surface area (Å²) in [5, 5.41) is 12.6. The maximum Gasteiger partial charge on any atom is 0.260 e. The van der Waals surface area contributed by atoms with Crippen LogP contribution < -0.4 is 9.47 Å². The highest BCUT2D eigenvalue weighted by Crippen LogP contribution is 2.50. The first-order valence-electron chi connectivity index (χ1n) is 8.49. The van der Waals surface area contributed by atoms with Crippen LogP contribution in [0.15, 0.2) is 48.0 Å². The quantitative estimate of drug-likeness (QED) is 0.808. The molecule has 0 saturated heterocycles. The van der Waals surface area contributed by atoms with Gasteiger partial charge in [0.1, 0.15) is 11.5 Å². The summed E-state index contributed by atoms with van der Waals surface area (Å²) in [6, 6.07) is 11.8. The minimum Gasteiger partial charge on any atom is -0.451 e. The standard InChI is InChI=1S/C20H18O4/c21-14-9-10-15(22)19-13(14)6-3-11-20(19)23-16-7-1-4-12-5-2-8-17(24-20)18(12)16/h1-2,4-8,15,19,22H,3,9-11H2/t15-,19+/m1/s1. The molecule has 0 amide bonds. The Morgan fingerprint density at radius 3 is 2.50 bits per heavy atom. The third kappa shape index (κ3) is 1.80. The molecule has 0 unspecified atom stereocenters. The van der Waals surface area contributed by atoms with Gasteiger partial charge in [-0.1, -0.05) is 30.3 Å². The van der Waals surface area contributed by atoms with Crippen LogP contribution in [0.3, 0.4) is 0 Å². The molecular formula is C20H18O4. The zero-order chi connectivity index (χ0) is 16.3. The van der Waals surface area contributed by atoms with Gasteiger partial charge in [-0.05, 0) is 30.4 Å². The van der Waals surface area contributed by atoms with E-state index < -0.39 is 17.8 Å². The maximum absolute atomic E-state index is 12.3. The van der Waals surface area contributed by atoms with Crippen LogP contribution >= 0.6 is 0 Å². The molecule has 1 heterocycles. The normalized spacial score (nSPS) is 27.2. The van der Waals surface area contributed by atoms with Gasteiger partial charge in [0.25, 0.3) is 5.79 Å². The van der Waals surface area contributed by atoms with E-state index in [1.165, 1.54) is 0 Å². The molecule has 4 heteroatoms. The Bertz CT molecular complexity index is 842. The van der Waals surface area contributed by atoms with Crippen LogP contribution in [-0.4, -0.2) is 22.8 Å². The van der Waals surface area contributed by atoms with E-state index in [0.717, 1.165) is 22.3 Å². The lowest BCUT2D eigenvalue weighted by molar-refractivity contribution is -0.188. The van der Waals surface area contributed by atoms with Crippen molar-refractivity contribution >= 4 is 16.6 Å². The molecule has 3 aliphatic rings. The van der Waals surface area contributed by atoms with Crippen molar-refractivity contribution in [3.8, 4) is 11.5 Å². The van der Waals surface area contributed by atoms with Crippen LogP contribution in [0.2, 0.25) is 0 Å². The first-order valence-corrected chi connectivity index (χ1v) is 8.49. The highest BCUT2D eigenvalue weighted by atomic mass is 16.7. The molecule has 0 aromatic heterocycles. The van der Waals surface area contributed by atoms with E-state index >= 15 is 0 Å². The van der Waals surface area contributed by atoms with E-state index in [2.05, 4.69) is 0 Å². The smallest absolute Gasteiger partial charge is 0.260 e. The summed E-state index contributed by atoms with van der Waals surface area (Å²) >= 11 is 0. The van der Waals surface area contributed by atoms with Crippen molar-refractivity contribution in [1.29, 1.82) is 0 Å². The largest absolute Gasteiger partial charge is 0.451 e. The van der Waals surface area contributed by atoms with E-state index in [0.29, 0.717) is 31.3 Å². The molecule has 2 aromatic carbocycles. The lowest BCUT2D eigenvalue weighted by atomic mass is 9.71. The molecule has 1 fully saturated rings. The van der Waals surface area contributed by atoms with Crippen LogP contribution in [0.5, 0.6) is 11.5 Å². The summed E-state index contributed by atoms with van der Waals surface area (Å²) in [4.78, 5) is 12.3. The molecule has 2 aromatic rings. The number of hydrogen-bond acceptors (Lipinski definition) is 4. The fraction of sp³-hybridized carbons (Fsp3) is 0.350. The molecule has 2 atom stereocenters. The molecule has 0 radical (unpaired) electrons. The minimum atomic E-state index is -0.998. The topological polar surface area (TPSA) is 55.8 Å². The van der Waals surface area contributed by atoms with Crippen LogP contribution in [0, 0.1) is 5.92 Å². The van der Waals surface area contributed by atoms with Crippen molar-refractivity contribution in [2.45, 2.75) is 37.6 Å². The predicted molar refractivity (Wildman–Crippen MR) is 89.0 cm³/mol. The number of allylic oxidation sites excluding steroid dienone is 1. The SMILES string of the molecule is O=C1CC[C@@H](O)[C@@H]2C1=CCCC21Oc2cccc3cccc(c23)O1. The molecule has 0 bridgehead atoms. The van der Waals surface area contributed by atoms with E-state index in [-0.39, 0.29) is 5.78 Å². The Morgan fingerprint density at radius 1 is 1.08 bits per heavy atom. The van der Waals surface area contributed by atoms with Crippen molar-refractivity contribution in [2.75, 3.05) is 0 Å². The Morgan fingerprint density at radius 2 is 1.79 bits per heavy atom. The van der Waals surface area contributed by atoms with E-state index in [1.54, 1.807) is 0 Å². The number of aliphatic hydroxyl groups excluding tert-OH is 1. The highest BCUT2D eigenvalue weighted by molar-refractivity contribution is 5.98. The number of hydrogen-bond donors (Lipinski definition) is 1. The van der Waals surface area contributed by atoms with E-state index in [4.69, 9.17) is 9.47 Å². The molecule has 1 N–H and O–H groups in total. The Hall–Kier alpha value is -2.33. The Kier molecular flexibility index (Phi) is 2.83. The fourth-order valence-electron chi connectivity index (χ4n) is 4.39. The number of carbonyl (C=O) groups excluding carboxylic acids is 1. The van der Waals surface area contributed by atoms with Gasteiger partial charge in [-0.15, -0.1) is 0 Å². The van der Waals surface area contributed by atoms with Crippen LogP contribution in [0.1, 0.15) is 25.7 Å². The first kappa shape index (κ1) is 14.1. The molecule has 4 nitrogen and oxygen atoms in total. The molecule has 24 heavy (non-hydrogen) atoms. The monoisotopic (exact) mass is 322 g/mol. The number of rotatable bonds is 0. The number of ether oxygens (including phenoxy) is 2. The predicted octanol–water partition coefficient (Wildman–Crippen LogP) is 3.37. The van der Waals surface area contributed by atoms with Gasteiger partial charge in [-0.3, -0.25) is 4.79 Å². The van der Waals surface area contributed by atoms with Crippen molar-refractivity contribution in [3.05, 3.63) is 48.0 Å². The summed E-state index contributed by atoms with van der Waals surface area (Å²) in [5.74, 6) is 0.203. The second-order valence-electron chi connectivity index (χ2n) is 6.83. The van der Waals surface area contributed by atoms with Gasteiger partial charge in [0.15, 0.2) is 5.78 Å². The van der Waals surface area contributed by atoms with E-state index in [9.17, 15) is 9.90 Å². The van der Waals surface area contributed by atoms with Gasteiger partial charge < -0.3 is 14.6 Å². The van der Waals surface area contributed by atoms with Crippen LogP contribution in [0.4, 0.5) is 0 Å². The fourth-order valence-corrected chi connectivity index (χ4v) is 4.39. The zero-order valence-corrected chi connectivity index (χ0v) is 13.2. The first-order chi connectivity index (χ1) is 11.7. The second-order valence-corrected chi connectivity index (χ2v) is 6.83. The number of carbonyl (C=O) groups is 1. The number of benzene rings is 2. The summed E-state index contributed by atoms with van der Waals surface area (Å²) in [6.07, 6.45) is 3.51. The molecule has 1 saturated carbocycles. The third-order valence-corrected chi connectivity index (χ3v) is 5.43.